The molecule has 0 amide bonds. The summed E-state index contributed by atoms with van der Waals surface area (Å²) in [7, 11) is 0. The highest BCUT2D eigenvalue weighted by molar-refractivity contribution is 5.72. The van der Waals surface area contributed by atoms with Crippen LogP contribution < -0.4 is 5.56 Å². The Labute approximate surface area is 86.1 Å². The molecule has 0 aliphatic carbocycles. The highest BCUT2D eigenvalue weighted by Gasteiger charge is 2.03. The molecule has 0 spiro atoms. The van der Waals surface area contributed by atoms with Crippen LogP contribution >= 0.6 is 0 Å². The number of ether oxygens (including phenoxy) is 1. The van der Waals surface area contributed by atoms with Crippen molar-refractivity contribution >= 4 is 11.0 Å². The van der Waals surface area contributed by atoms with E-state index in [4.69, 9.17) is 4.74 Å². The molecule has 0 saturated carbocycles. The first-order valence-electron chi connectivity index (χ1n) is 4.73. The molecule has 2 rings (SSSR count). The van der Waals surface area contributed by atoms with Crippen LogP contribution in [0, 0.1) is 0 Å². The molecule has 0 atom stereocenters. The second-order valence-electron chi connectivity index (χ2n) is 3.02. The summed E-state index contributed by atoms with van der Waals surface area (Å²) >= 11 is 0. The summed E-state index contributed by atoms with van der Waals surface area (Å²) in [4.78, 5) is 22.4. The quantitative estimate of drug-likeness (QED) is 0.806. The number of fused-ring (bicyclic) bond motifs is 1. The largest absolute Gasteiger partial charge is 0.374 e. The maximum Gasteiger partial charge on any atom is 0.277 e. The molecular formula is C10H11N3O2. The van der Waals surface area contributed by atoms with Crippen molar-refractivity contribution in [3.8, 4) is 0 Å². The van der Waals surface area contributed by atoms with E-state index in [1.54, 1.807) is 18.3 Å². The fourth-order valence-electron chi connectivity index (χ4n) is 1.29. The van der Waals surface area contributed by atoms with E-state index in [2.05, 4.69) is 15.0 Å². The Morgan fingerprint density at radius 3 is 3.20 bits per heavy atom. The molecule has 0 bridgehead atoms. The highest BCUT2D eigenvalue weighted by Crippen LogP contribution is 2.02. The SMILES string of the molecule is CCOCc1nc2cccnc2c(=O)[nH]1. The highest BCUT2D eigenvalue weighted by atomic mass is 16.5. The predicted octanol–water partition coefficient (Wildman–Crippen LogP) is 0.855. The minimum atomic E-state index is -0.227. The zero-order valence-electron chi connectivity index (χ0n) is 8.36. The summed E-state index contributed by atoms with van der Waals surface area (Å²) in [6, 6.07) is 3.51. The molecule has 2 heterocycles. The normalized spacial score (nSPS) is 10.7. The van der Waals surface area contributed by atoms with Crippen LogP contribution in [0.4, 0.5) is 0 Å². The maximum atomic E-state index is 11.5. The average molecular weight is 205 g/mol. The van der Waals surface area contributed by atoms with Gasteiger partial charge in [0, 0.05) is 12.8 Å². The molecule has 0 radical (unpaired) electrons. The van der Waals surface area contributed by atoms with Crippen molar-refractivity contribution in [3.05, 3.63) is 34.5 Å². The fourth-order valence-corrected chi connectivity index (χ4v) is 1.29. The van der Waals surface area contributed by atoms with Crippen LogP contribution in [-0.2, 0) is 11.3 Å². The van der Waals surface area contributed by atoms with Gasteiger partial charge in [-0.15, -0.1) is 0 Å². The van der Waals surface area contributed by atoms with Gasteiger partial charge in [0.05, 0.1) is 5.52 Å². The Balaban J connectivity index is 2.48. The minimum Gasteiger partial charge on any atom is -0.374 e. The van der Waals surface area contributed by atoms with E-state index in [1.165, 1.54) is 0 Å². The average Bonchev–Trinajstić information content (AvgIpc) is 2.26. The van der Waals surface area contributed by atoms with Crippen molar-refractivity contribution in [2.45, 2.75) is 13.5 Å². The number of rotatable bonds is 3. The van der Waals surface area contributed by atoms with Gasteiger partial charge in [0.1, 0.15) is 12.4 Å². The Morgan fingerprint density at radius 1 is 1.53 bits per heavy atom. The summed E-state index contributed by atoms with van der Waals surface area (Å²) in [5.41, 5.74) is 0.726. The first-order chi connectivity index (χ1) is 7.31. The molecule has 5 nitrogen and oxygen atoms in total. The summed E-state index contributed by atoms with van der Waals surface area (Å²) < 4.78 is 5.17. The van der Waals surface area contributed by atoms with Crippen molar-refractivity contribution in [1.82, 2.24) is 15.0 Å². The molecule has 0 aliphatic rings. The van der Waals surface area contributed by atoms with Gasteiger partial charge < -0.3 is 9.72 Å². The fraction of sp³-hybridized carbons (Fsp3) is 0.300. The van der Waals surface area contributed by atoms with Gasteiger partial charge in [-0.1, -0.05) is 0 Å². The van der Waals surface area contributed by atoms with Gasteiger partial charge >= 0.3 is 0 Å². The number of nitrogens with zero attached hydrogens (tertiary/aromatic N) is 2. The van der Waals surface area contributed by atoms with Gasteiger partial charge in [-0.2, -0.15) is 0 Å². The molecule has 1 N–H and O–H groups in total. The van der Waals surface area contributed by atoms with Gasteiger partial charge in [-0.3, -0.25) is 4.79 Å². The van der Waals surface area contributed by atoms with E-state index in [0.29, 0.717) is 30.1 Å². The molecule has 0 aromatic carbocycles. The number of hydrogen-bond acceptors (Lipinski definition) is 4. The molecule has 0 unspecified atom stereocenters. The molecule has 0 aliphatic heterocycles. The van der Waals surface area contributed by atoms with Gasteiger partial charge in [0.25, 0.3) is 5.56 Å². The van der Waals surface area contributed by atoms with Crippen LogP contribution in [0.25, 0.3) is 11.0 Å². The van der Waals surface area contributed by atoms with Crippen LogP contribution in [0.2, 0.25) is 0 Å². The van der Waals surface area contributed by atoms with Gasteiger partial charge in [-0.25, -0.2) is 9.97 Å². The Bertz CT molecular complexity index is 521. The third kappa shape index (κ3) is 2.02. The molecule has 78 valence electrons. The smallest absolute Gasteiger partial charge is 0.277 e. The number of nitrogens with one attached hydrogen (secondary N) is 1. The third-order valence-electron chi connectivity index (χ3n) is 1.96. The summed E-state index contributed by atoms with van der Waals surface area (Å²) in [6.07, 6.45) is 1.57. The van der Waals surface area contributed by atoms with Crippen molar-refractivity contribution in [3.63, 3.8) is 0 Å². The van der Waals surface area contributed by atoms with Gasteiger partial charge in [-0.05, 0) is 19.1 Å². The van der Waals surface area contributed by atoms with E-state index in [9.17, 15) is 4.79 Å². The lowest BCUT2D eigenvalue weighted by molar-refractivity contribution is 0.128. The van der Waals surface area contributed by atoms with Crippen molar-refractivity contribution in [1.29, 1.82) is 0 Å². The molecular weight excluding hydrogens is 194 g/mol. The van der Waals surface area contributed by atoms with Crippen LogP contribution in [0.3, 0.4) is 0 Å². The number of H-pyrrole nitrogens is 1. The van der Waals surface area contributed by atoms with E-state index in [0.717, 1.165) is 0 Å². The number of aromatic nitrogens is 3. The monoisotopic (exact) mass is 205 g/mol. The van der Waals surface area contributed by atoms with Crippen LogP contribution in [0.5, 0.6) is 0 Å². The number of pyridine rings is 1. The molecule has 2 aromatic heterocycles. The van der Waals surface area contributed by atoms with E-state index in [1.807, 2.05) is 6.92 Å². The van der Waals surface area contributed by atoms with Crippen LogP contribution in [0.15, 0.2) is 23.1 Å². The third-order valence-corrected chi connectivity index (χ3v) is 1.96. The van der Waals surface area contributed by atoms with E-state index >= 15 is 0 Å². The number of aromatic amines is 1. The molecule has 2 aromatic rings. The zero-order chi connectivity index (χ0) is 10.7. The Hall–Kier alpha value is -1.75. The summed E-state index contributed by atoms with van der Waals surface area (Å²) in [6.45, 7) is 2.80. The Morgan fingerprint density at radius 2 is 2.40 bits per heavy atom. The molecule has 0 saturated heterocycles. The van der Waals surface area contributed by atoms with Crippen LogP contribution in [-0.4, -0.2) is 21.6 Å². The summed E-state index contributed by atoms with van der Waals surface area (Å²) in [5.74, 6) is 0.530. The number of hydrogen-bond donors (Lipinski definition) is 1. The second-order valence-corrected chi connectivity index (χ2v) is 3.02. The lowest BCUT2D eigenvalue weighted by Crippen LogP contribution is -2.13. The van der Waals surface area contributed by atoms with Crippen molar-refractivity contribution < 1.29 is 4.74 Å². The first kappa shape index (κ1) is 9.79. The van der Waals surface area contributed by atoms with E-state index < -0.39 is 0 Å². The van der Waals surface area contributed by atoms with Gasteiger partial charge in [0.15, 0.2) is 5.52 Å². The summed E-state index contributed by atoms with van der Waals surface area (Å²) in [5, 5.41) is 0. The molecule has 15 heavy (non-hydrogen) atoms. The van der Waals surface area contributed by atoms with E-state index in [-0.39, 0.29) is 5.56 Å². The molecule has 0 fully saturated rings. The second kappa shape index (κ2) is 4.18. The predicted molar refractivity (Wildman–Crippen MR) is 55.5 cm³/mol. The lowest BCUT2D eigenvalue weighted by Gasteiger charge is -2.01. The van der Waals surface area contributed by atoms with Gasteiger partial charge in [0.2, 0.25) is 0 Å². The zero-order valence-corrected chi connectivity index (χ0v) is 8.36. The van der Waals surface area contributed by atoms with Crippen molar-refractivity contribution in [2.75, 3.05) is 6.61 Å². The standard InChI is InChI=1S/C10H11N3O2/c1-2-15-6-8-12-7-4-3-5-11-9(7)10(14)13-8/h3-5H,2,6H2,1H3,(H,12,13,14). The lowest BCUT2D eigenvalue weighted by atomic mass is 10.3. The van der Waals surface area contributed by atoms with Crippen molar-refractivity contribution in [2.24, 2.45) is 0 Å². The Kier molecular flexibility index (Phi) is 2.73. The topological polar surface area (TPSA) is 67.9 Å². The first-order valence-corrected chi connectivity index (χ1v) is 4.73. The minimum absolute atomic E-state index is 0.227. The maximum absolute atomic E-state index is 11.5. The molecule has 5 heteroatoms. The van der Waals surface area contributed by atoms with Crippen LogP contribution in [0.1, 0.15) is 12.7 Å².